The zero-order chi connectivity index (χ0) is 27.9. The third kappa shape index (κ3) is 6.46. The second-order valence-corrected chi connectivity index (χ2v) is 10.1. The molecule has 1 N–H and O–H groups in total. The summed E-state index contributed by atoms with van der Waals surface area (Å²) in [5, 5.41) is 13.8. The van der Waals surface area contributed by atoms with Gasteiger partial charge in [0.15, 0.2) is 5.82 Å². The highest BCUT2D eigenvalue weighted by Gasteiger charge is 2.26. The fraction of sp³-hybridized carbons (Fsp3) is 0.312. The summed E-state index contributed by atoms with van der Waals surface area (Å²) in [6.07, 6.45) is 1.64. The van der Waals surface area contributed by atoms with Crippen molar-refractivity contribution in [2.45, 2.75) is 52.7 Å². The number of nitrogens with zero attached hydrogens (tertiary/aromatic N) is 5. The Morgan fingerprint density at radius 1 is 0.975 bits per heavy atom. The number of aromatic nitrogens is 5. The number of ether oxygens (including phenoxy) is 1. The molecule has 0 saturated carbocycles. The van der Waals surface area contributed by atoms with Crippen molar-refractivity contribution < 1.29 is 4.74 Å². The molecule has 0 spiro atoms. The van der Waals surface area contributed by atoms with Crippen LogP contribution in [0, 0.1) is 6.92 Å². The van der Waals surface area contributed by atoms with Crippen LogP contribution in [0.2, 0.25) is 0 Å². The molecule has 206 valence electrons. The van der Waals surface area contributed by atoms with Gasteiger partial charge < -0.3 is 9.72 Å². The van der Waals surface area contributed by atoms with E-state index < -0.39 is 0 Å². The van der Waals surface area contributed by atoms with Crippen LogP contribution in [-0.4, -0.2) is 43.2 Å². The number of tetrazole rings is 1. The zero-order valence-electron chi connectivity index (χ0n) is 23.4. The molecule has 8 heteroatoms. The predicted molar refractivity (Wildman–Crippen MR) is 157 cm³/mol. The van der Waals surface area contributed by atoms with Gasteiger partial charge in [0.05, 0.1) is 19.2 Å². The van der Waals surface area contributed by atoms with Crippen molar-refractivity contribution in [2.24, 2.45) is 0 Å². The predicted octanol–water partition coefficient (Wildman–Crippen LogP) is 5.47. The lowest BCUT2D eigenvalue weighted by Crippen LogP contribution is -2.34. The smallest absolute Gasteiger partial charge is 0.252 e. The molecule has 0 fully saturated rings. The summed E-state index contributed by atoms with van der Waals surface area (Å²) in [5.41, 5.74) is 5.04. The highest BCUT2D eigenvalue weighted by atomic mass is 16.5. The van der Waals surface area contributed by atoms with Gasteiger partial charge in [0.25, 0.3) is 5.56 Å². The molecule has 2 aromatic heterocycles. The molecule has 1 atom stereocenters. The van der Waals surface area contributed by atoms with Crippen molar-refractivity contribution in [3.63, 3.8) is 0 Å². The van der Waals surface area contributed by atoms with Gasteiger partial charge in [-0.05, 0) is 72.5 Å². The van der Waals surface area contributed by atoms with Crippen molar-refractivity contribution in [3.8, 4) is 5.75 Å². The molecule has 5 aromatic rings. The molecule has 0 aliphatic carbocycles. The Balaban J connectivity index is 1.49. The molecule has 0 bridgehead atoms. The van der Waals surface area contributed by atoms with Crippen LogP contribution in [0.3, 0.4) is 0 Å². The third-order valence-electron chi connectivity index (χ3n) is 7.21. The van der Waals surface area contributed by atoms with E-state index in [2.05, 4.69) is 75.7 Å². The van der Waals surface area contributed by atoms with E-state index in [1.54, 1.807) is 0 Å². The molecular formula is C32H36N6O2. The Bertz CT molecular complexity index is 1610. The van der Waals surface area contributed by atoms with Gasteiger partial charge in [0.2, 0.25) is 0 Å². The molecule has 2 heterocycles. The average Bonchev–Trinajstić information content (AvgIpc) is 3.41. The molecule has 40 heavy (non-hydrogen) atoms. The largest absolute Gasteiger partial charge is 0.494 e. The number of benzene rings is 3. The van der Waals surface area contributed by atoms with E-state index in [1.807, 2.05) is 54.1 Å². The summed E-state index contributed by atoms with van der Waals surface area (Å²) in [7, 11) is 0. The number of aromatic amines is 1. The Morgan fingerprint density at radius 2 is 1.80 bits per heavy atom. The Kier molecular flexibility index (Phi) is 8.66. The SMILES string of the molecule is CCOc1ccc2[nH]c(=O)c(CN(CCc3cccc(C)c3)C(CC)c3nnnn3Cc3ccccc3)cc2c1. The van der Waals surface area contributed by atoms with Gasteiger partial charge in [-0.1, -0.05) is 67.1 Å². The van der Waals surface area contributed by atoms with Crippen LogP contribution in [0.1, 0.15) is 54.4 Å². The number of pyridine rings is 1. The van der Waals surface area contributed by atoms with Gasteiger partial charge in [0.1, 0.15) is 5.75 Å². The standard InChI is InChI=1S/C32H36N6O2/c1-4-30(31-34-35-36-38(31)21-25-11-7-6-8-12-25)37(17-16-24-13-9-10-23(3)18-24)22-27-19-26-20-28(40-5-2)14-15-29(26)33-32(27)39/h6-15,18-20,30H,4-5,16-17,21-22H2,1-3H3,(H,33,39). The number of hydrogen-bond donors (Lipinski definition) is 1. The van der Waals surface area contributed by atoms with E-state index in [4.69, 9.17) is 4.74 Å². The molecule has 3 aromatic carbocycles. The van der Waals surface area contributed by atoms with E-state index >= 15 is 0 Å². The van der Waals surface area contributed by atoms with Crippen LogP contribution in [0.5, 0.6) is 5.75 Å². The molecule has 0 amide bonds. The minimum Gasteiger partial charge on any atom is -0.494 e. The van der Waals surface area contributed by atoms with E-state index in [0.29, 0.717) is 25.3 Å². The fourth-order valence-corrected chi connectivity index (χ4v) is 5.23. The Morgan fingerprint density at radius 3 is 2.58 bits per heavy atom. The molecular weight excluding hydrogens is 500 g/mol. The summed E-state index contributed by atoms with van der Waals surface area (Å²) < 4.78 is 7.58. The van der Waals surface area contributed by atoms with Crippen LogP contribution < -0.4 is 10.3 Å². The lowest BCUT2D eigenvalue weighted by atomic mass is 10.1. The van der Waals surface area contributed by atoms with Crippen molar-refractivity contribution in [1.82, 2.24) is 30.1 Å². The van der Waals surface area contributed by atoms with Gasteiger partial charge in [-0.15, -0.1) is 5.10 Å². The molecule has 0 aliphatic rings. The van der Waals surface area contributed by atoms with E-state index in [0.717, 1.165) is 47.4 Å². The van der Waals surface area contributed by atoms with Gasteiger partial charge in [-0.3, -0.25) is 9.69 Å². The Hall–Kier alpha value is -4.30. The van der Waals surface area contributed by atoms with Crippen molar-refractivity contribution in [3.05, 3.63) is 117 Å². The molecule has 8 nitrogen and oxygen atoms in total. The quantitative estimate of drug-likeness (QED) is 0.228. The first-order valence-electron chi connectivity index (χ1n) is 13.9. The number of nitrogens with one attached hydrogen (secondary N) is 1. The number of rotatable bonds is 12. The summed E-state index contributed by atoms with van der Waals surface area (Å²) in [6.45, 7) is 8.60. The van der Waals surface area contributed by atoms with E-state index in [-0.39, 0.29) is 11.6 Å². The third-order valence-corrected chi connectivity index (χ3v) is 7.21. The molecule has 1 unspecified atom stereocenters. The number of aryl methyl sites for hydroxylation is 1. The van der Waals surface area contributed by atoms with E-state index in [9.17, 15) is 4.79 Å². The van der Waals surface area contributed by atoms with Crippen LogP contribution in [-0.2, 0) is 19.5 Å². The number of H-pyrrole nitrogens is 1. The second kappa shape index (κ2) is 12.7. The van der Waals surface area contributed by atoms with Gasteiger partial charge in [-0.2, -0.15) is 0 Å². The average molecular weight is 537 g/mol. The monoisotopic (exact) mass is 536 g/mol. The summed E-state index contributed by atoms with van der Waals surface area (Å²) in [4.78, 5) is 18.6. The number of hydrogen-bond acceptors (Lipinski definition) is 6. The lowest BCUT2D eigenvalue weighted by molar-refractivity contribution is 0.172. The van der Waals surface area contributed by atoms with Crippen molar-refractivity contribution in [2.75, 3.05) is 13.2 Å². The molecule has 5 rings (SSSR count). The Labute approximate surface area is 234 Å². The maximum absolute atomic E-state index is 13.2. The molecule has 0 radical (unpaired) electrons. The summed E-state index contributed by atoms with van der Waals surface area (Å²) in [6, 6.07) is 26.4. The normalized spacial score (nSPS) is 12.2. The highest BCUT2D eigenvalue weighted by molar-refractivity contribution is 5.80. The lowest BCUT2D eigenvalue weighted by Gasteiger charge is -2.30. The summed E-state index contributed by atoms with van der Waals surface area (Å²) >= 11 is 0. The van der Waals surface area contributed by atoms with Crippen LogP contribution in [0.25, 0.3) is 10.9 Å². The first-order valence-corrected chi connectivity index (χ1v) is 13.9. The van der Waals surface area contributed by atoms with Crippen LogP contribution in [0.4, 0.5) is 0 Å². The highest BCUT2D eigenvalue weighted by Crippen LogP contribution is 2.26. The van der Waals surface area contributed by atoms with Gasteiger partial charge >= 0.3 is 0 Å². The minimum absolute atomic E-state index is 0.0756. The topological polar surface area (TPSA) is 88.9 Å². The van der Waals surface area contributed by atoms with Crippen molar-refractivity contribution >= 4 is 10.9 Å². The summed E-state index contributed by atoms with van der Waals surface area (Å²) in [5.74, 6) is 1.59. The van der Waals surface area contributed by atoms with Gasteiger partial charge in [0, 0.05) is 29.6 Å². The fourth-order valence-electron chi connectivity index (χ4n) is 5.23. The molecule has 0 aliphatic heterocycles. The number of fused-ring (bicyclic) bond motifs is 1. The minimum atomic E-state index is -0.0871. The molecule has 0 saturated heterocycles. The maximum Gasteiger partial charge on any atom is 0.252 e. The van der Waals surface area contributed by atoms with Gasteiger partial charge in [-0.25, -0.2) is 4.68 Å². The second-order valence-electron chi connectivity index (χ2n) is 10.1. The first kappa shape index (κ1) is 27.3. The zero-order valence-corrected chi connectivity index (χ0v) is 23.4. The maximum atomic E-state index is 13.2. The van der Waals surface area contributed by atoms with Crippen LogP contribution in [0.15, 0.2) is 83.7 Å². The van der Waals surface area contributed by atoms with Crippen LogP contribution >= 0.6 is 0 Å². The van der Waals surface area contributed by atoms with Crippen molar-refractivity contribution in [1.29, 1.82) is 0 Å². The first-order chi connectivity index (χ1) is 19.5. The van der Waals surface area contributed by atoms with E-state index in [1.165, 1.54) is 11.1 Å².